The van der Waals surface area contributed by atoms with Crippen molar-refractivity contribution in [2.45, 2.75) is 93.9 Å². The molecule has 0 saturated carbocycles. The summed E-state index contributed by atoms with van der Waals surface area (Å²) in [6, 6.07) is 27.4. The van der Waals surface area contributed by atoms with Crippen LogP contribution in [-0.2, 0) is 31.3 Å². The van der Waals surface area contributed by atoms with E-state index in [2.05, 4.69) is 156 Å². The predicted molar refractivity (Wildman–Crippen MR) is 246 cm³/mol. The predicted octanol–water partition coefficient (Wildman–Crippen LogP) is 11.8. The number of fused-ring (bicyclic) bond motifs is 4. The number of benzene rings is 4. The van der Waals surface area contributed by atoms with Gasteiger partial charge in [-0.05, 0) is 79.7 Å². The van der Waals surface area contributed by atoms with Gasteiger partial charge in [0.2, 0.25) is 0 Å². The molecule has 0 saturated heterocycles. The third-order valence-corrected chi connectivity index (χ3v) is 23.6. The summed E-state index contributed by atoms with van der Waals surface area (Å²) >= 11 is 0. The molecule has 2 aliphatic rings. The summed E-state index contributed by atoms with van der Waals surface area (Å²) in [4.78, 5) is 0. The van der Waals surface area contributed by atoms with Crippen molar-refractivity contribution in [2.75, 3.05) is 49.3 Å². The summed E-state index contributed by atoms with van der Waals surface area (Å²) in [6.45, 7) is 28.1. The van der Waals surface area contributed by atoms with Crippen molar-refractivity contribution in [3.63, 3.8) is 0 Å². The normalized spacial score (nSPS) is 14.6. The molecule has 0 radical (unpaired) electrons. The molecule has 0 amide bonds. The van der Waals surface area contributed by atoms with Crippen LogP contribution in [0, 0.1) is 0 Å². The molecule has 4 aromatic carbocycles. The first kappa shape index (κ1) is 44.6. The maximum absolute atomic E-state index is 6.80. The van der Waals surface area contributed by atoms with Crippen LogP contribution >= 0.6 is 31.7 Å². The molecule has 290 valence electrons. The van der Waals surface area contributed by atoms with Crippen molar-refractivity contribution in [2.24, 2.45) is 0 Å². The van der Waals surface area contributed by atoms with Gasteiger partial charge in [-0.15, -0.1) is 0 Å². The smallest absolute Gasteiger partial charge is 0.173 e. The van der Waals surface area contributed by atoms with Crippen molar-refractivity contribution < 1.29 is 29.9 Å². The first-order valence-electron chi connectivity index (χ1n) is 20.3. The van der Waals surface area contributed by atoms with E-state index in [4.69, 9.17) is 9.47 Å². The van der Waals surface area contributed by atoms with Crippen LogP contribution in [0.1, 0.15) is 105 Å². The summed E-state index contributed by atoms with van der Waals surface area (Å²) < 4.78 is 13.6. The van der Waals surface area contributed by atoms with Crippen molar-refractivity contribution in [3.05, 3.63) is 95.1 Å². The number of hydrogen-bond donors (Lipinski definition) is 0. The molecule has 2 heterocycles. The van der Waals surface area contributed by atoms with Gasteiger partial charge in [0.15, 0.2) is 23.0 Å². The molecule has 0 atom stereocenters. The van der Waals surface area contributed by atoms with E-state index in [9.17, 15) is 0 Å². The Hall–Kier alpha value is -1.14. The Balaban J connectivity index is 0.000000232. The van der Waals surface area contributed by atoms with E-state index >= 15 is 0 Å². The van der Waals surface area contributed by atoms with Gasteiger partial charge in [0.05, 0.1) is 49.3 Å². The molecule has 6 rings (SSSR count). The molecule has 53 heavy (non-hydrogen) atoms. The van der Waals surface area contributed by atoms with Crippen LogP contribution < -0.4 is 30.7 Å². The second-order valence-corrected chi connectivity index (χ2v) is 28.1. The second-order valence-electron chi connectivity index (χ2n) is 15.4. The maximum Gasteiger partial charge on any atom is 0.173 e. The van der Waals surface area contributed by atoms with E-state index in [0.29, 0.717) is 0 Å². The molecule has 4 aromatic rings. The van der Waals surface area contributed by atoms with Crippen LogP contribution in [0.3, 0.4) is 0 Å². The van der Waals surface area contributed by atoms with Crippen LogP contribution in [0.15, 0.2) is 72.8 Å². The van der Waals surface area contributed by atoms with E-state index in [-0.39, 0.29) is 31.3 Å². The minimum atomic E-state index is -0.552. The second kappa shape index (κ2) is 19.3. The monoisotopic (exact) mass is 882 g/mol. The summed E-state index contributed by atoms with van der Waals surface area (Å²) in [7, 11) is -2.21. The van der Waals surface area contributed by atoms with Crippen molar-refractivity contribution in [1.82, 2.24) is 0 Å². The van der Waals surface area contributed by atoms with Crippen LogP contribution in [0.2, 0.25) is 0 Å². The van der Waals surface area contributed by atoms with Crippen molar-refractivity contribution in [1.29, 1.82) is 0 Å². The zero-order valence-corrected chi connectivity index (χ0v) is 40.3. The van der Waals surface area contributed by atoms with Gasteiger partial charge in [-0.1, -0.05) is 76.2 Å². The number of ether oxygens (including phenoxy) is 2. The fourth-order valence-electron chi connectivity index (χ4n) is 8.69. The zero-order valence-electron chi connectivity index (χ0n) is 34.7. The average Bonchev–Trinajstić information content (AvgIpc) is 3.15. The Morgan fingerprint density at radius 1 is 0.358 bits per heavy atom. The van der Waals surface area contributed by atoms with E-state index in [1.54, 1.807) is 0 Å². The summed E-state index contributed by atoms with van der Waals surface area (Å²) in [5, 5.41) is 5.97. The van der Waals surface area contributed by atoms with Gasteiger partial charge >= 0.3 is 0 Å². The molecule has 0 unspecified atom stereocenters. The van der Waals surface area contributed by atoms with Gasteiger partial charge in [0.25, 0.3) is 0 Å². The third kappa shape index (κ3) is 8.60. The third-order valence-electron chi connectivity index (χ3n) is 12.1. The van der Waals surface area contributed by atoms with Gasteiger partial charge in [-0.2, -0.15) is 0 Å². The molecule has 0 aromatic heterocycles. The molecule has 2 aliphatic heterocycles. The van der Waals surface area contributed by atoms with Crippen LogP contribution in [-0.4, -0.2) is 49.3 Å². The van der Waals surface area contributed by atoms with Gasteiger partial charge in [-0.3, -0.25) is 0 Å². The van der Waals surface area contributed by atoms with Crippen molar-refractivity contribution >= 4 is 52.9 Å². The Morgan fingerprint density at radius 3 is 0.717 bits per heavy atom. The Kier molecular flexibility index (Phi) is 16.3. The van der Waals surface area contributed by atoms with E-state index < -0.39 is 31.7 Å². The Bertz CT molecular complexity index is 1560. The summed E-state index contributed by atoms with van der Waals surface area (Å²) in [5.74, 6) is 4.74. The van der Waals surface area contributed by atoms with Gasteiger partial charge in [-0.25, -0.2) is 0 Å². The Morgan fingerprint density at radius 2 is 0.547 bits per heavy atom. The summed E-state index contributed by atoms with van der Waals surface area (Å²) in [5.41, 5.74) is 5.46. The maximum atomic E-state index is 6.80. The fourth-order valence-corrected chi connectivity index (χ4v) is 17.1. The standard InChI is InChI=1S/2C23H32OP2.Pd/c2*1-7-25(8-2)19-15-11-13-17-21(19)24-22-18(23(17,5)6)14-12-16-20(22)26(9-3)10-4;/h2*11-16H,7-10H2,1-6H3;/p+4. The van der Waals surface area contributed by atoms with Gasteiger partial charge in [0, 0.05) is 85.2 Å². The number of rotatable bonds is 12. The molecule has 0 aliphatic carbocycles. The molecule has 7 heteroatoms. The molecule has 0 bridgehead atoms. The minimum Gasteiger partial charge on any atom is -0.448 e. The molecule has 0 N–H and O–H groups in total. The van der Waals surface area contributed by atoms with Crippen LogP contribution in [0.4, 0.5) is 0 Å². The SMILES string of the molecule is CC[PH+](CC)c1cccc2c1Oc1c([PH+](CC)CC)cccc1C2(C)C.CC[PH+](CC)c1cccc2c1Oc1c([PH+](CC)CC)cccc1C2(C)C.[Pd]. The number of hydrogen-bond acceptors (Lipinski definition) is 2. The molecule has 2 nitrogen and oxygen atoms in total. The molecule has 0 fully saturated rings. The topological polar surface area (TPSA) is 18.5 Å². The Labute approximate surface area is 342 Å². The fraction of sp³-hybridized carbons (Fsp3) is 0.478. The summed E-state index contributed by atoms with van der Waals surface area (Å²) in [6.07, 6.45) is 10.1. The largest absolute Gasteiger partial charge is 0.448 e. The number of para-hydroxylation sites is 4. The molecule has 0 spiro atoms. The van der Waals surface area contributed by atoms with Crippen molar-refractivity contribution in [3.8, 4) is 23.0 Å². The van der Waals surface area contributed by atoms with E-state index in [1.807, 2.05) is 0 Å². The average molecular weight is 883 g/mol. The van der Waals surface area contributed by atoms with E-state index in [1.165, 1.54) is 116 Å². The molecular formula is C46H68O2P4Pd+4. The molecular weight excluding hydrogens is 815 g/mol. The quantitative estimate of drug-likeness (QED) is 0.104. The zero-order chi connectivity index (χ0) is 37.8. The van der Waals surface area contributed by atoms with Gasteiger partial charge < -0.3 is 9.47 Å². The minimum absolute atomic E-state index is 0. The van der Waals surface area contributed by atoms with Crippen LogP contribution in [0.25, 0.3) is 0 Å². The first-order valence-corrected chi connectivity index (χ1v) is 27.9. The van der Waals surface area contributed by atoms with E-state index in [0.717, 1.165) is 0 Å². The first-order chi connectivity index (χ1) is 25.0. The van der Waals surface area contributed by atoms with Crippen LogP contribution in [0.5, 0.6) is 23.0 Å². The van der Waals surface area contributed by atoms with Gasteiger partial charge in [0.1, 0.15) is 21.2 Å².